The van der Waals surface area contributed by atoms with Crippen molar-refractivity contribution in [3.05, 3.63) is 29.3 Å². The Morgan fingerprint density at radius 3 is 2.70 bits per heavy atom. The lowest BCUT2D eigenvalue weighted by atomic mass is 10.0. The van der Waals surface area contributed by atoms with E-state index in [0.717, 1.165) is 45.5 Å². The fourth-order valence-corrected chi connectivity index (χ4v) is 4.50. The number of rotatable bonds is 6. The smallest absolute Gasteiger partial charge is 0.309 e. The number of likely N-dealkylation sites (N-methyl/N-ethyl adjacent to an activating group) is 1. The molecular formula is C22H32N4O4. The maximum absolute atomic E-state index is 12.4. The van der Waals surface area contributed by atoms with Crippen molar-refractivity contribution in [3.63, 3.8) is 0 Å². The Labute approximate surface area is 177 Å². The van der Waals surface area contributed by atoms with Gasteiger partial charge in [-0.2, -0.15) is 0 Å². The van der Waals surface area contributed by atoms with Crippen LogP contribution in [0.25, 0.3) is 0 Å². The molecule has 0 aromatic heterocycles. The predicted molar refractivity (Wildman–Crippen MR) is 114 cm³/mol. The number of carbonyl (C=O) groups excluding carboxylic acids is 2. The highest BCUT2D eigenvalue weighted by Gasteiger charge is 2.27. The van der Waals surface area contributed by atoms with Gasteiger partial charge in [-0.25, -0.2) is 0 Å². The monoisotopic (exact) mass is 416 g/mol. The van der Waals surface area contributed by atoms with E-state index in [9.17, 15) is 9.59 Å². The molecule has 0 bridgehead atoms. The van der Waals surface area contributed by atoms with Crippen LogP contribution in [0.2, 0.25) is 0 Å². The van der Waals surface area contributed by atoms with Crippen LogP contribution in [-0.2, 0) is 25.5 Å². The molecule has 8 heteroatoms. The Hall–Kier alpha value is -2.16. The van der Waals surface area contributed by atoms with Crippen molar-refractivity contribution < 1.29 is 19.1 Å². The summed E-state index contributed by atoms with van der Waals surface area (Å²) in [5.74, 6) is -1.19. The molecule has 2 fully saturated rings. The maximum Gasteiger partial charge on any atom is 0.309 e. The van der Waals surface area contributed by atoms with Crippen LogP contribution in [0.3, 0.4) is 0 Å². The van der Waals surface area contributed by atoms with Gasteiger partial charge in [0, 0.05) is 52.1 Å². The van der Waals surface area contributed by atoms with Crippen LogP contribution < -0.4 is 15.5 Å². The Morgan fingerprint density at radius 1 is 1.13 bits per heavy atom. The molecule has 2 atom stereocenters. The molecule has 0 radical (unpaired) electrons. The number of benzene rings is 1. The molecule has 3 heterocycles. The second kappa shape index (κ2) is 9.76. The molecule has 2 saturated heterocycles. The Morgan fingerprint density at radius 2 is 1.93 bits per heavy atom. The first-order chi connectivity index (χ1) is 14.6. The third-order valence-corrected chi connectivity index (χ3v) is 6.28. The number of ether oxygens (including phenoxy) is 2. The van der Waals surface area contributed by atoms with Crippen molar-refractivity contribution in [1.29, 1.82) is 0 Å². The van der Waals surface area contributed by atoms with E-state index in [4.69, 9.17) is 9.47 Å². The number of amides is 2. The quantitative estimate of drug-likeness (QED) is 0.656. The molecule has 0 unspecified atom stereocenters. The highest BCUT2D eigenvalue weighted by molar-refractivity contribution is 6.35. The molecule has 0 aliphatic carbocycles. The Kier molecular flexibility index (Phi) is 6.86. The average molecular weight is 417 g/mol. The number of nitrogens with one attached hydrogen (secondary N) is 2. The Balaban J connectivity index is 1.39. The minimum Gasteiger partial charge on any atom is -0.379 e. The largest absolute Gasteiger partial charge is 0.379 e. The summed E-state index contributed by atoms with van der Waals surface area (Å²) < 4.78 is 11.0. The van der Waals surface area contributed by atoms with Crippen LogP contribution in [0, 0.1) is 0 Å². The van der Waals surface area contributed by atoms with E-state index in [1.807, 2.05) is 0 Å². The highest BCUT2D eigenvalue weighted by Crippen LogP contribution is 2.31. The zero-order valence-electron chi connectivity index (χ0n) is 17.7. The van der Waals surface area contributed by atoms with E-state index in [1.165, 1.54) is 16.8 Å². The number of anilines is 1. The standard InChI is InChI=1S/C22H32N4O4/c1-25-7-6-17-13-16(4-5-19(17)25)20(26-8-11-29-12-9-26)15-24-22(28)21(27)23-14-18-3-2-10-30-18/h4-5,13,18,20H,2-3,6-12,14-15H2,1H3,(H,23,27)(H,24,28)/t18-,20-/m0/s1. The summed E-state index contributed by atoms with van der Waals surface area (Å²) in [6, 6.07) is 6.58. The van der Waals surface area contributed by atoms with E-state index in [-0.39, 0.29) is 12.1 Å². The molecule has 2 N–H and O–H groups in total. The van der Waals surface area contributed by atoms with Gasteiger partial charge in [-0.15, -0.1) is 0 Å². The normalized spacial score (nSPS) is 22.6. The first kappa shape index (κ1) is 21.1. The number of fused-ring (bicyclic) bond motifs is 1. The SMILES string of the molecule is CN1CCc2cc([C@H](CNC(=O)C(=O)NC[C@@H]3CCCO3)N3CCOCC3)ccc21. The fraction of sp³-hybridized carbons (Fsp3) is 0.636. The molecule has 1 aromatic carbocycles. The summed E-state index contributed by atoms with van der Waals surface area (Å²) in [6.07, 6.45) is 2.99. The number of carbonyl (C=O) groups is 2. The number of morpholine rings is 1. The van der Waals surface area contributed by atoms with Gasteiger partial charge in [0.15, 0.2) is 0 Å². The van der Waals surface area contributed by atoms with Crippen LogP contribution in [0.15, 0.2) is 18.2 Å². The van der Waals surface area contributed by atoms with Crippen LogP contribution >= 0.6 is 0 Å². The number of hydrogen-bond donors (Lipinski definition) is 2. The minimum absolute atomic E-state index is 0.0139. The third kappa shape index (κ3) is 4.94. The molecule has 164 valence electrons. The summed E-state index contributed by atoms with van der Waals surface area (Å²) in [5, 5.41) is 5.54. The van der Waals surface area contributed by atoms with Crippen molar-refractivity contribution in [1.82, 2.24) is 15.5 Å². The molecule has 3 aliphatic heterocycles. The molecule has 3 aliphatic rings. The zero-order chi connectivity index (χ0) is 20.9. The average Bonchev–Trinajstić information content (AvgIpc) is 3.42. The predicted octanol–water partition coefficient (Wildman–Crippen LogP) is 0.464. The van der Waals surface area contributed by atoms with E-state index >= 15 is 0 Å². The second-order valence-corrected chi connectivity index (χ2v) is 8.28. The van der Waals surface area contributed by atoms with Crippen molar-refractivity contribution in [2.75, 3.05) is 64.5 Å². The highest BCUT2D eigenvalue weighted by atomic mass is 16.5. The van der Waals surface area contributed by atoms with Crippen molar-refractivity contribution in [3.8, 4) is 0 Å². The van der Waals surface area contributed by atoms with Gasteiger partial charge in [0.05, 0.1) is 25.4 Å². The maximum atomic E-state index is 12.4. The lowest BCUT2D eigenvalue weighted by Crippen LogP contribution is -2.47. The van der Waals surface area contributed by atoms with Gasteiger partial charge >= 0.3 is 11.8 Å². The number of hydrogen-bond acceptors (Lipinski definition) is 6. The van der Waals surface area contributed by atoms with Gasteiger partial charge in [0.25, 0.3) is 0 Å². The van der Waals surface area contributed by atoms with Crippen LogP contribution in [-0.4, -0.2) is 82.4 Å². The van der Waals surface area contributed by atoms with Crippen LogP contribution in [0.4, 0.5) is 5.69 Å². The molecule has 8 nitrogen and oxygen atoms in total. The van der Waals surface area contributed by atoms with Gasteiger partial charge in [0.2, 0.25) is 0 Å². The first-order valence-corrected chi connectivity index (χ1v) is 10.9. The summed E-state index contributed by atoms with van der Waals surface area (Å²) in [7, 11) is 2.11. The Bertz CT molecular complexity index is 760. The topological polar surface area (TPSA) is 83.1 Å². The van der Waals surface area contributed by atoms with E-state index in [2.05, 4.69) is 45.7 Å². The van der Waals surface area contributed by atoms with Crippen LogP contribution in [0.5, 0.6) is 0 Å². The molecule has 2 amide bonds. The second-order valence-electron chi connectivity index (χ2n) is 8.28. The van der Waals surface area contributed by atoms with Gasteiger partial charge in [-0.05, 0) is 36.5 Å². The zero-order valence-corrected chi connectivity index (χ0v) is 17.7. The first-order valence-electron chi connectivity index (χ1n) is 10.9. The summed E-state index contributed by atoms with van der Waals surface area (Å²) in [6.45, 7) is 5.51. The lowest BCUT2D eigenvalue weighted by Gasteiger charge is -2.35. The molecule has 0 spiro atoms. The van der Waals surface area contributed by atoms with E-state index in [1.54, 1.807) is 0 Å². The molecule has 1 aromatic rings. The summed E-state index contributed by atoms with van der Waals surface area (Å²) >= 11 is 0. The van der Waals surface area contributed by atoms with E-state index in [0.29, 0.717) is 26.3 Å². The minimum atomic E-state index is -0.596. The lowest BCUT2D eigenvalue weighted by molar-refractivity contribution is -0.139. The third-order valence-electron chi connectivity index (χ3n) is 6.28. The van der Waals surface area contributed by atoms with Gasteiger partial charge in [-0.3, -0.25) is 14.5 Å². The van der Waals surface area contributed by atoms with Gasteiger partial charge in [0.1, 0.15) is 0 Å². The van der Waals surface area contributed by atoms with Crippen molar-refractivity contribution >= 4 is 17.5 Å². The molecule has 30 heavy (non-hydrogen) atoms. The van der Waals surface area contributed by atoms with Crippen molar-refractivity contribution in [2.24, 2.45) is 0 Å². The molecule has 4 rings (SSSR count). The number of nitrogens with zero attached hydrogens (tertiary/aromatic N) is 2. The summed E-state index contributed by atoms with van der Waals surface area (Å²) in [5.41, 5.74) is 3.79. The van der Waals surface area contributed by atoms with Gasteiger partial charge < -0.3 is 25.0 Å². The molecule has 0 saturated carbocycles. The van der Waals surface area contributed by atoms with Crippen LogP contribution in [0.1, 0.15) is 30.0 Å². The van der Waals surface area contributed by atoms with Crippen molar-refractivity contribution in [2.45, 2.75) is 31.4 Å². The summed E-state index contributed by atoms with van der Waals surface area (Å²) in [4.78, 5) is 29.2. The fourth-order valence-electron chi connectivity index (χ4n) is 4.50. The van der Waals surface area contributed by atoms with Gasteiger partial charge in [-0.1, -0.05) is 12.1 Å². The molecular weight excluding hydrogens is 384 g/mol. The van der Waals surface area contributed by atoms with E-state index < -0.39 is 11.8 Å².